The van der Waals surface area contributed by atoms with Gasteiger partial charge in [-0.3, -0.25) is 4.79 Å². The zero-order valence-corrected chi connectivity index (χ0v) is 10.5. The van der Waals surface area contributed by atoms with Gasteiger partial charge in [-0.1, -0.05) is 29.8 Å². The molecule has 0 amide bonds. The van der Waals surface area contributed by atoms with Crippen LogP contribution in [0.4, 0.5) is 4.39 Å². The third-order valence-corrected chi connectivity index (χ3v) is 3.36. The summed E-state index contributed by atoms with van der Waals surface area (Å²) in [5.41, 5.74) is 2.75. The van der Waals surface area contributed by atoms with Gasteiger partial charge in [-0.05, 0) is 24.3 Å². The molecule has 0 spiro atoms. The van der Waals surface area contributed by atoms with Crippen LogP contribution in [0.1, 0.15) is 10.4 Å². The van der Waals surface area contributed by atoms with E-state index in [9.17, 15) is 9.18 Å². The fraction of sp³-hybridized carbons (Fsp3) is 0. The molecule has 2 aromatic carbocycles. The second-order valence-electron chi connectivity index (χ2n) is 4.21. The molecule has 2 nitrogen and oxygen atoms in total. The lowest BCUT2D eigenvalue weighted by molar-refractivity contribution is 0.112. The second-order valence-corrected chi connectivity index (χ2v) is 4.61. The van der Waals surface area contributed by atoms with Crippen LogP contribution in [-0.2, 0) is 0 Å². The summed E-state index contributed by atoms with van der Waals surface area (Å²) in [5.74, 6) is -0.478. The predicted molar refractivity (Wildman–Crippen MR) is 74.1 cm³/mol. The fourth-order valence-corrected chi connectivity index (χ4v) is 2.35. The number of aromatic nitrogens is 1. The van der Waals surface area contributed by atoms with E-state index in [1.807, 2.05) is 24.3 Å². The Morgan fingerprint density at radius 1 is 1.16 bits per heavy atom. The van der Waals surface area contributed by atoms with Gasteiger partial charge in [-0.25, -0.2) is 4.39 Å². The van der Waals surface area contributed by atoms with Gasteiger partial charge in [0.25, 0.3) is 0 Å². The molecule has 0 bridgehead atoms. The molecule has 0 fully saturated rings. The number of rotatable bonds is 2. The van der Waals surface area contributed by atoms with Crippen LogP contribution in [-0.4, -0.2) is 11.3 Å². The number of aromatic amines is 1. The number of nitrogens with one attached hydrogen (secondary N) is 1. The minimum Gasteiger partial charge on any atom is -0.354 e. The van der Waals surface area contributed by atoms with Gasteiger partial charge in [0, 0.05) is 22.0 Å². The molecule has 0 aliphatic rings. The van der Waals surface area contributed by atoms with Crippen molar-refractivity contribution >= 4 is 28.8 Å². The maximum absolute atomic E-state index is 13.2. The number of H-pyrrole nitrogens is 1. The summed E-state index contributed by atoms with van der Waals surface area (Å²) in [5, 5.41) is 0.876. The maximum Gasteiger partial charge on any atom is 0.152 e. The summed E-state index contributed by atoms with van der Waals surface area (Å²) in [6.07, 6.45) is 0.797. The van der Waals surface area contributed by atoms with Crippen molar-refractivity contribution < 1.29 is 9.18 Å². The first-order valence-electron chi connectivity index (χ1n) is 5.72. The maximum atomic E-state index is 13.2. The lowest BCUT2D eigenvalue weighted by Crippen LogP contribution is -1.86. The first-order valence-corrected chi connectivity index (χ1v) is 6.10. The molecule has 1 aromatic heterocycles. The van der Waals surface area contributed by atoms with E-state index >= 15 is 0 Å². The van der Waals surface area contributed by atoms with Crippen molar-refractivity contribution in [3.05, 3.63) is 58.9 Å². The quantitative estimate of drug-likeness (QED) is 0.688. The summed E-state index contributed by atoms with van der Waals surface area (Å²) in [6.45, 7) is 0. The molecule has 1 N–H and O–H groups in total. The number of aldehydes is 1. The summed E-state index contributed by atoms with van der Waals surface area (Å²) >= 11 is 5.78. The van der Waals surface area contributed by atoms with Crippen LogP contribution in [0.2, 0.25) is 5.02 Å². The van der Waals surface area contributed by atoms with Crippen molar-refractivity contribution in [3.63, 3.8) is 0 Å². The van der Waals surface area contributed by atoms with Crippen molar-refractivity contribution in [2.75, 3.05) is 0 Å². The van der Waals surface area contributed by atoms with Crippen LogP contribution in [0.25, 0.3) is 22.2 Å². The van der Waals surface area contributed by atoms with Gasteiger partial charge >= 0.3 is 0 Å². The van der Waals surface area contributed by atoms with Crippen molar-refractivity contribution in [1.82, 2.24) is 4.98 Å². The first kappa shape index (κ1) is 11.9. The zero-order chi connectivity index (χ0) is 13.4. The van der Waals surface area contributed by atoms with E-state index < -0.39 is 5.82 Å². The topological polar surface area (TPSA) is 32.9 Å². The van der Waals surface area contributed by atoms with Crippen LogP contribution in [0.15, 0.2) is 42.5 Å². The molecule has 94 valence electrons. The van der Waals surface area contributed by atoms with E-state index in [-0.39, 0.29) is 5.02 Å². The highest BCUT2D eigenvalue weighted by atomic mass is 35.5. The molecule has 0 unspecified atom stereocenters. The van der Waals surface area contributed by atoms with Crippen molar-refractivity contribution in [2.45, 2.75) is 0 Å². The number of carbonyl (C=O) groups excluding carboxylic acids is 1. The van der Waals surface area contributed by atoms with Gasteiger partial charge in [-0.15, -0.1) is 0 Å². The highest BCUT2D eigenvalue weighted by Crippen LogP contribution is 2.31. The number of para-hydroxylation sites is 1. The minimum absolute atomic E-state index is 0.0352. The van der Waals surface area contributed by atoms with E-state index in [1.165, 1.54) is 12.1 Å². The Labute approximate surface area is 113 Å². The number of fused-ring (bicyclic) bond motifs is 1. The van der Waals surface area contributed by atoms with E-state index in [1.54, 1.807) is 6.07 Å². The third kappa shape index (κ3) is 1.92. The van der Waals surface area contributed by atoms with Gasteiger partial charge < -0.3 is 4.98 Å². The molecular formula is C15H9ClFNO. The molecule has 0 aliphatic heterocycles. The molecule has 1 heterocycles. The first-order chi connectivity index (χ1) is 9.20. The average Bonchev–Trinajstić information content (AvgIpc) is 2.80. The zero-order valence-electron chi connectivity index (χ0n) is 9.78. The number of halogens is 2. The molecular weight excluding hydrogens is 265 g/mol. The van der Waals surface area contributed by atoms with Crippen molar-refractivity contribution in [1.29, 1.82) is 0 Å². The minimum atomic E-state index is -0.478. The third-order valence-electron chi connectivity index (χ3n) is 3.07. The number of carbonyl (C=O) groups is 1. The molecule has 3 aromatic rings. The van der Waals surface area contributed by atoms with Gasteiger partial charge in [-0.2, -0.15) is 0 Å². The fourth-order valence-electron chi connectivity index (χ4n) is 2.17. The lowest BCUT2D eigenvalue weighted by atomic mass is 10.1. The molecule has 3 rings (SSSR count). The van der Waals surface area contributed by atoms with E-state index in [0.29, 0.717) is 16.8 Å². The molecule has 4 heteroatoms. The molecule has 0 aliphatic carbocycles. The SMILES string of the molecule is O=Cc1c(-c2ccc(F)c(Cl)c2)[nH]c2ccccc12. The smallest absolute Gasteiger partial charge is 0.152 e. The van der Waals surface area contributed by atoms with E-state index in [0.717, 1.165) is 17.2 Å². The number of benzene rings is 2. The molecule has 0 saturated carbocycles. The summed E-state index contributed by atoms with van der Waals surface area (Å²) in [4.78, 5) is 14.5. The van der Waals surface area contributed by atoms with Gasteiger partial charge in [0.2, 0.25) is 0 Å². The summed E-state index contributed by atoms with van der Waals surface area (Å²) < 4.78 is 13.2. The highest BCUT2D eigenvalue weighted by molar-refractivity contribution is 6.31. The Bertz CT molecular complexity index is 779. The van der Waals surface area contributed by atoms with Crippen molar-refractivity contribution in [3.8, 4) is 11.3 Å². The second kappa shape index (κ2) is 4.52. The van der Waals surface area contributed by atoms with Gasteiger partial charge in [0.15, 0.2) is 6.29 Å². The van der Waals surface area contributed by atoms with Crippen LogP contribution in [0.3, 0.4) is 0 Å². The number of hydrogen-bond donors (Lipinski definition) is 1. The Kier molecular flexibility index (Phi) is 2.84. The molecule has 0 radical (unpaired) electrons. The lowest BCUT2D eigenvalue weighted by Gasteiger charge is -2.01. The average molecular weight is 274 g/mol. The molecule has 0 atom stereocenters. The summed E-state index contributed by atoms with van der Waals surface area (Å²) in [6, 6.07) is 11.9. The van der Waals surface area contributed by atoms with Gasteiger partial charge in [0.1, 0.15) is 5.82 Å². The normalized spacial score (nSPS) is 10.8. The highest BCUT2D eigenvalue weighted by Gasteiger charge is 2.13. The molecule has 19 heavy (non-hydrogen) atoms. The summed E-state index contributed by atoms with van der Waals surface area (Å²) in [7, 11) is 0. The van der Waals surface area contributed by atoms with Gasteiger partial charge in [0.05, 0.1) is 10.7 Å². The Morgan fingerprint density at radius 3 is 2.68 bits per heavy atom. The Morgan fingerprint density at radius 2 is 1.95 bits per heavy atom. The van der Waals surface area contributed by atoms with E-state index in [2.05, 4.69) is 4.98 Å². The predicted octanol–water partition coefficient (Wildman–Crippen LogP) is 4.44. The van der Waals surface area contributed by atoms with Crippen LogP contribution in [0, 0.1) is 5.82 Å². The van der Waals surface area contributed by atoms with E-state index in [4.69, 9.17) is 11.6 Å². The van der Waals surface area contributed by atoms with Crippen LogP contribution < -0.4 is 0 Å². The largest absolute Gasteiger partial charge is 0.354 e. The molecule has 0 saturated heterocycles. The number of hydrogen-bond acceptors (Lipinski definition) is 1. The van der Waals surface area contributed by atoms with Crippen LogP contribution >= 0.6 is 11.6 Å². The standard InChI is InChI=1S/C15H9ClFNO/c16-12-7-9(5-6-13(12)17)15-11(8-19)10-3-1-2-4-14(10)18-15/h1-8,18H. The monoisotopic (exact) mass is 273 g/mol. The van der Waals surface area contributed by atoms with Crippen LogP contribution in [0.5, 0.6) is 0 Å². The Balaban J connectivity index is 2.29. The Hall–Kier alpha value is -2.13. The van der Waals surface area contributed by atoms with Crippen molar-refractivity contribution in [2.24, 2.45) is 0 Å².